The maximum Gasteiger partial charge on any atom is 0.255 e. The first-order valence-electron chi connectivity index (χ1n) is 9.00. The Labute approximate surface area is 159 Å². The molecule has 1 aliphatic heterocycles. The number of carbonyl (C=O) groups excluding carboxylic acids is 2. The van der Waals surface area contributed by atoms with Crippen LogP contribution in [0.1, 0.15) is 35.7 Å². The lowest BCUT2D eigenvalue weighted by Crippen LogP contribution is -2.44. The number of ether oxygens (including phenoxy) is 2. The molecule has 1 N–H and O–H groups in total. The average Bonchev–Trinajstić information content (AvgIpc) is 3.02. The summed E-state index contributed by atoms with van der Waals surface area (Å²) < 4.78 is 10.6. The Kier molecular flexibility index (Phi) is 5.64. The van der Waals surface area contributed by atoms with E-state index in [1.165, 1.54) is 0 Å². The fourth-order valence-electron chi connectivity index (χ4n) is 3.36. The van der Waals surface area contributed by atoms with Crippen LogP contribution in [0.3, 0.4) is 0 Å². The molecule has 6 nitrogen and oxygen atoms in total. The summed E-state index contributed by atoms with van der Waals surface area (Å²) in [6, 6.07) is 12.1. The monoisotopic (exact) mass is 368 g/mol. The maximum absolute atomic E-state index is 13.1. The molecule has 0 bridgehead atoms. The van der Waals surface area contributed by atoms with Crippen LogP contribution in [0.25, 0.3) is 0 Å². The maximum atomic E-state index is 13.1. The Bertz CT molecular complexity index is 850. The van der Waals surface area contributed by atoms with Gasteiger partial charge in [0.25, 0.3) is 5.91 Å². The summed E-state index contributed by atoms with van der Waals surface area (Å²) in [7, 11) is 3.11. The molecule has 27 heavy (non-hydrogen) atoms. The second kappa shape index (κ2) is 8.12. The van der Waals surface area contributed by atoms with E-state index in [4.69, 9.17) is 9.47 Å². The Hall–Kier alpha value is -3.02. The van der Waals surface area contributed by atoms with Gasteiger partial charge in [0, 0.05) is 18.2 Å². The van der Waals surface area contributed by atoms with Gasteiger partial charge >= 0.3 is 0 Å². The Morgan fingerprint density at radius 2 is 1.96 bits per heavy atom. The third-order valence-electron chi connectivity index (χ3n) is 4.75. The molecule has 2 amide bonds. The Balaban J connectivity index is 1.84. The zero-order valence-electron chi connectivity index (χ0n) is 15.8. The van der Waals surface area contributed by atoms with Crippen LogP contribution < -0.4 is 14.8 Å². The molecule has 0 fully saturated rings. The highest BCUT2D eigenvalue weighted by molar-refractivity contribution is 6.04. The highest BCUT2D eigenvalue weighted by atomic mass is 16.5. The van der Waals surface area contributed by atoms with Crippen molar-refractivity contribution in [1.29, 1.82) is 0 Å². The molecule has 0 saturated heterocycles. The van der Waals surface area contributed by atoms with Gasteiger partial charge in [-0.1, -0.05) is 31.5 Å². The minimum Gasteiger partial charge on any atom is -0.497 e. The number of methoxy groups -OCH3 is 2. The minimum absolute atomic E-state index is 0.100. The number of carbonyl (C=O) groups is 2. The summed E-state index contributed by atoms with van der Waals surface area (Å²) in [6.45, 7) is 2.45. The number of nitrogens with zero attached hydrogens (tertiary/aromatic N) is 1. The van der Waals surface area contributed by atoms with Crippen molar-refractivity contribution < 1.29 is 19.1 Å². The van der Waals surface area contributed by atoms with Gasteiger partial charge in [0.2, 0.25) is 5.91 Å². The summed E-state index contributed by atoms with van der Waals surface area (Å²) in [5, 5.41) is 2.91. The number of anilines is 1. The molecule has 0 radical (unpaired) electrons. The van der Waals surface area contributed by atoms with Crippen molar-refractivity contribution in [3.8, 4) is 11.5 Å². The normalized spacial score (nSPS) is 13.9. The number of nitrogens with one attached hydrogen (secondary N) is 1. The van der Waals surface area contributed by atoms with E-state index >= 15 is 0 Å². The highest BCUT2D eigenvalue weighted by Crippen LogP contribution is 2.31. The lowest BCUT2D eigenvalue weighted by molar-refractivity contribution is -0.120. The van der Waals surface area contributed by atoms with Crippen LogP contribution in [0.5, 0.6) is 11.5 Å². The van der Waals surface area contributed by atoms with Crippen molar-refractivity contribution in [2.75, 3.05) is 19.5 Å². The molecule has 1 aliphatic rings. The lowest BCUT2D eigenvalue weighted by Gasteiger charge is -2.27. The summed E-state index contributed by atoms with van der Waals surface area (Å²) in [6.07, 6.45) is 1.37. The summed E-state index contributed by atoms with van der Waals surface area (Å²) >= 11 is 0. The molecular formula is C21H24N2O4. The molecule has 2 aromatic rings. The van der Waals surface area contributed by atoms with Crippen molar-refractivity contribution in [3.05, 3.63) is 53.6 Å². The van der Waals surface area contributed by atoms with Crippen LogP contribution in [0.15, 0.2) is 42.5 Å². The molecule has 3 rings (SSSR count). The van der Waals surface area contributed by atoms with Crippen LogP contribution in [0, 0.1) is 0 Å². The summed E-state index contributed by atoms with van der Waals surface area (Å²) in [5.74, 6) is 0.819. The molecule has 1 heterocycles. The van der Waals surface area contributed by atoms with Gasteiger partial charge in [0.15, 0.2) is 0 Å². The molecule has 142 valence electrons. The van der Waals surface area contributed by atoms with Gasteiger partial charge < -0.3 is 19.7 Å². The van der Waals surface area contributed by atoms with E-state index in [1.54, 1.807) is 37.3 Å². The van der Waals surface area contributed by atoms with Crippen LogP contribution >= 0.6 is 0 Å². The zero-order valence-corrected chi connectivity index (χ0v) is 15.8. The third-order valence-corrected chi connectivity index (χ3v) is 4.75. The van der Waals surface area contributed by atoms with Crippen molar-refractivity contribution >= 4 is 17.5 Å². The zero-order chi connectivity index (χ0) is 19.4. The molecule has 2 aromatic carbocycles. The molecule has 1 atom stereocenters. The second-order valence-electron chi connectivity index (χ2n) is 6.45. The van der Waals surface area contributed by atoms with E-state index in [-0.39, 0.29) is 11.8 Å². The first kappa shape index (κ1) is 18.8. The first-order valence-corrected chi connectivity index (χ1v) is 9.00. The number of fused-ring (bicyclic) bond motifs is 1. The number of hydrogen-bond donors (Lipinski definition) is 1. The largest absolute Gasteiger partial charge is 0.497 e. The molecule has 0 unspecified atom stereocenters. The number of rotatable bonds is 7. The standard InChI is InChI=1S/C21H24N2O4/c1-4-7-18(23-13-14-8-5-6-9-16(14)21(23)25)20(24)22-17-12-15(26-2)10-11-19(17)27-3/h5-6,8-12,18H,4,7,13H2,1-3H3,(H,22,24)/t18-/m0/s1. The van der Waals surface area contributed by atoms with E-state index < -0.39 is 6.04 Å². The summed E-state index contributed by atoms with van der Waals surface area (Å²) in [4.78, 5) is 27.5. The fourth-order valence-corrected chi connectivity index (χ4v) is 3.36. The van der Waals surface area contributed by atoms with Gasteiger partial charge in [-0.2, -0.15) is 0 Å². The van der Waals surface area contributed by atoms with Crippen LogP contribution in [-0.2, 0) is 11.3 Å². The van der Waals surface area contributed by atoms with Crippen LogP contribution in [0.4, 0.5) is 5.69 Å². The van der Waals surface area contributed by atoms with Gasteiger partial charge in [-0.3, -0.25) is 9.59 Å². The molecule has 6 heteroatoms. The molecular weight excluding hydrogens is 344 g/mol. The second-order valence-corrected chi connectivity index (χ2v) is 6.45. The highest BCUT2D eigenvalue weighted by Gasteiger charge is 2.35. The smallest absolute Gasteiger partial charge is 0.255 e. The average molecular weight is 368 g/mol. The quantitative estimate of drug-likeness (QED) is 0.813. The molecule has 0 aromatic heterocycles. The molecule has 0 saturated carbocycles. The third kappa shape index (κ3) is 3.74. The molecule has 0 spiro atoms. The van der Waals surface area contributed by atoms with Gasteiger partial charge in [-0.05, 0) is 30.2 Å². The first-order chi connectivity index (χ1) is 13.1. The van der Waals surface area contributed by atoms with E-state index in [1.807, 2.05) is 31.2 Å². The van der Waals surface area contributed by atoms with Crippen LogP contribution in [0.2, 0.25) is 0 Å². The van der Waals surface area contributed by atoms with Crippen molar-refractivity contribution in [3.63, 3.8) is 0 Å². The molecule has 0 aliphatic carbocycles. The Morgan fingerprint density at radius 1 is 1.19 bits per heavy atom. The van der Waals surface area contributed by atoms with E-state index in [9.17, 15) is 9.59 Å². The lowest BCUT2D eigenvalue weighted by atomic mass is 10.1. The van der Waals surface area contributed by atoms with Gasteiger partial charge in [-0.15, -0.1) is 0 Å². The summed E-state index contributed by atoms with van der Waals surface area (Å²) in [5.41, 5.74) is 2.15. The predicted molar refractivity (Wildman–Crippen MR) is 103 cm³/mol. The number of benzene rings is 2. The van der Waals surface area contributed by atoms with Crippen molar-refractivity contribution in [2.24, 2.45) is 0 Å². The predicted octanol–water partition coefficient (Wildman–Crippen LogP) is 3.47. The fraction of sp³-hybridized carbons (Fsp3) is 0.333. The topological polar surface area (TPSA) is 67.9 Å². The van der Waals surface area contributed by atoms with E-state index in [0.29, 0.717) is 35.7 Å². The van der Waals surface area contributed by atoms with E-state index in [2.05, 4.69) is 5.32 Å². The van der Waals surface area contributed by atoms with Crippen molar-refractivity contribution in [1.82, 2.24) is 4.90 Å². The number of hydrogen-bond acceptors (Lipinski definition) is 4. The Morgan fingerprint density at radius 3 is 2.63 bits per heavy atom. The van der Waals surface area contributed by atoms with Crippen molar-refractivity contribution in [2.45, 2.75) is 32.4 Å². The number of amides is 2. The van der Waals surface area contributed by atoms with Gasteiger partial charge in [-0.25, -0.2) is 0 Å². The van der Waals surface area contributed by atoms with Crippen LogP contribution in [-0.4, -0.2) is 37.0 Å². The van der Waals surface area contributed by atoms with E-state index in [0.717, 1.165) is 12.0 Å². The minimum atomic E-state index is -0.550. The van der Waals surface area contributed by atoms with Gasteiger partial charge in [0.05, 0.1) is 19.9 Å². The van der Waals surface area contributed by atoms with Gasteiger partial charge in [0.1, 0.15) is 17.5 Å². The SMILES string of the molecule is CCC[C@@H](C(=O)Nc1cc(OC)ccc1OC)N1Cc2ccccc2C1=O.